The number of halogens is 21. The zero-order valence-electron chi connectivity index (χ0n) is 46.8. The van der Waals surface area contributed by atoms with Crippen LogP contribution in [0.3, 0.4) is 0 Å². The predicted molar refractivity (Wildman–Crippen MR) is 286 cm³/mol. The number of aliphatic hydroxyl groups is 2. The maximum Gasteiger partial charge on any atom is 0.416 e. The second-order valence-corrected chi connectivity index (χ2v) is 24.1. The van der Waals surface area contributed by atoms with Crippen molar-refractivity contribution in [2.75, 3.05) is 13.1 Å². The summed E-state index contributed by atoms with van der Waals surface area (Å²) in [6.45, 7) is 4.77. The van der Waals surface area contributed by atoms with E-state index in [0.717, 1.165) is 18.2 Å². The molecule has 0 bridgehead atoms. The van der Waals surface area contributed by atoms with Gasteiger partial charge in [0.2, 0.25) is 0 Å². The first-order chi connectivity index (χ1) is 40.7. The van der Waals surface area contributed by atoms with E-state index in [2.05, 4.69) is 0 Å². The Balaban J connectivity index is 1.49. The fraction of sp³-hybridized carbons (Fsp3) is 0.323. The molecule has 2 aliphatic heterocycles. The molecule has 0 amide bonds. The highest BCUT2D eigenvalue weighted by atomic mass is 19.4. The van der Waals surface area contributed by atoms with Crippen LogP contribution >= 0.6 is 0 Å². The van der Waals surface area contributed by atoms with Crippen molar-refractivity contribution in [1.29, 1.82) is 0 Å². The summed E-state index contributed by atoms with van der Waals surface area (Å²) in [6, 6.07) is 13.9. The van der Waals surface area contributed by atoms with Gasteiger partial charge in [-0.05, 0) is 164 Å². The summed E-state index contributed by atoms with van der Waals surface area (Å²) in [7, 11) is 0. The number of piperidine rings is 1. The third-order valence-electron chi connectivity index (χ3n) is 17.1. The van der Waals surface area contributed by atoms with E-state index in [0.29, 0.717) is 12.1 Å². The smallest absolute Gasteiger partial charge is 0.376 e. The first kappa shape index (κ1) is 64.7. The average molecular weight is 1280 g/mol. The van der Waals surface area contributed by atoms with Crippen molar-refractivity contribution in [2.24, 2.45) is 5.92 Å². The number of fused-ring (bicyclic) bond motifs is 7. The van der Waals surface area contributed by atoms with Crippen LogP contribution in [0.2, 0.25) is 0 Å². The van der Waals surface area contributed by atoms with E-state index in [1.807, 2.05) is 0 Å². The van der Waals surface area contributed by atoms with Gasteiger partial charge in [0.1, 0.15) is 24.3 Å². The van der Waals surface area contributed by atoms with Gasteiger partial charge in [-0.3, -0.25) is 0 Å². The molecular weight excluding hydrogens is 1230 g/mol. The minimum atomic E-state index is -5.76. The van der Waals surface area contributed by atoms with Crippen LogP contribution in [0, 0.1) is 5.92 Å². The minimum Gasteiger partial charge on any atom is -0.376 e. The maximum absolute atomic E-state index is 15.4. The Kier molecular flexibility index (Phi) is 15.4. The quantitative estimate of drug-likeness (QED) is 0.0990. The maximum atomic E-state index is 15.4. The van der Waals surface area contributed by atoms with Gasteiger partial charge in [0.15, 0.2) is 0 Å². The molecule has 2 aliphatic rings. The van der Waals surface area contributed by atoms with E-state index >= 15 is 92.2 Å². The molecule has 2 N–H and O–H groups in total. The molecule has 2 heterocycles. The molecule has 8 aromatic rings. The first-order valence-electron chi connectivity index (χ1n) is 27.3. The Morgan fingerprint density at radius 1 is 0.337 bits per heavy atom. The van der Waals surface area contributed by atoms with Crippen LogP contribution in [-0.4, -0.2) is 27.8 Å². The lowest BCUT2D eigenvalue weighted by molar-refractivity contribution is -0.958. The van der Waals surface area contributed by atoms with Crippen LogP contribution in [0.4, 0.5) is 92.2 Å². The molecule has 0 saturated carbocycles. The topological polar surface area (TPSA) is 40.5 Å². The van der Waals surface area contributed by atoms with Crippen molar-refractivity contribution in [3.63, 3.8) is 0 Å². The molecule has 0 radical (unpaired) electrons. The SMILES string of the molecule is CC1CC[N+]2(CC1)Cc1c(C(O)(c3cc(C(C)(C)C)cc(C(F)(F)F)c3)c3cc(C(F)(F)F)cc(C(F)(F)F)c3)cc3ccccc3c1-c1c(c(C(O)(c3cc(C(F)(F)F)cc(C(F)(F)F)c3)c3cc(C(F)(F)F)cc(C(F)(F)F)c3)cc3ccccc13)C2. The summed E-state index contributed by atoms with van der Waals surface area (Å²) >= 11 is 0. The van der Waals surface area contributed by atoms with Crippen LogP contribution in [0.25, 0.3) is 32.7 Å². The predicted octanol–water partition coefficient (Wildman–Crippen LogP) is 19.9. The van der Waals surface area contributed by atoms with Crippen LogP contribution in [0.1, 0.15) is 130 Å². The minimum absolute atomic E-state index is 0.00122. The third-order valence-corrected chi connectivity index (χ3v) is 17.1. The molecular formula is C65H49F21NO2+. The molecule has 1 fully saturated rings. The second kappa shape index (κ2) is 21.1. The zero-order valence-corrected chi connectivity index (χ0v) is 46.8. The molecule has 1 spiro atoms. The highest BCUT2D eigenvalue weighted by Crippen LogP contribution is 2.56. The standard InChI is InChI=1S/C65H49F21NO2/c1-33-13-15-87(16-14-33)31-50-52(57(88,37-19-36(56(2,3)4)20-41(21-37)59(66,67)68)38-22-42(60(69,70)71)28-43(23-38)61(72,73)74)17-34-9-5-7-11-48(34)54(50)55-49-12-8-6-10-35(49)18-53(51(55)32-87)58(89,39-24-44(62(75,76)77)29-45(25-39)63(78,79)80)40-26-46(64(81,82)83)30-47(27-40)65(84,85)86/h5-12,17-30,33,88-89H,13-16,31-32H2,1-4H3/q+1. The number of quaternary nitrogens is 1. The normalized spacial score (nSPS) is 18.3. The van der Waals surface area contributed by atoms with Gasteiger partial charge in [0, 0.05) is 22.3 Å². The highest BCUT2D eigenvalue weighted by Gasteiger charge is 2.52. The van der Waals surface area contributed by atoms with Crippen LogP contribution < -0.4 is 0 Å². The summed E-state index contributed by atoms with van der Waals surface area (Å²) in [5, 5.41) is 27.9. The van der Waals surface area contributed by atoms with Gasteiger partial charge < -0.3 is 14.7 Å². The lowest BCUT2D eigenvalue weighted by Gasteiger charge is -2.44. The lowest BCUT2D eigenvalue weighted by Crippen LogP contribution is -2.51. The highest BCUT2D eigenvalue weighted by molar-refractivity contribution is 6.09. The Morgan fingerprint density at radius 3 is 0.831 bits per heavy atom. The fourth-order valence-corrected chi connectivity index (χ4v) is 12.5. The lowest BCUT2D eigenvalue weighted by atomic mass is 9.71. The fourth-order valence-electron chi connectivity index (χ4n) is 12.5. The van der Waals surface area contributed by atoms with E-state index in [-0.39, 0.29) is 124 Å². The van der Waals surface area contributed by atoms with Crippen molar-refractivity contribution in [2.45, 2.75) is 113 Å². The summed E-state index contributed by atoms with van der Waals surface area (Å²) < 4.78 is 317. The Hall–Kier alpha value is -7.31. The van der Waals surface area contributed by atoms with Crippen molar-refractivity contribution >= 4 is 21.5 Å². The number of nitrogens with zero attached hydrogens (tertiary/aromatic N) is 1. The average Bonchev–Trinajstić information content (AvgIpc) is 1.69. The molecule has 1 atom stereocenters. The van der Waals surface area contributed by atoms with Crippen LogP contribution in [0.5, 0.6) is 0 Å². The van der Waals surface area contributed by atoms with E-state index in [1.165, 1.54) is 69.3 Å². The van der Waals surface area contributed by atoms with Crippen molar-refractivity contribution < 1.29 is 107 Å². The number of hydrogen-bond acceptors (Lipinski definition) is 2. The third kappa shape index (κ3) is 11.9. The molecule has 3 nitrogen and oxygen atoms in total. The monoisotopic (exact) mass is 1270 g/mol. The van der Waals surface area contributed by atoms with Gasteiger partial charge in [-0.1, -0.05) is 82.3 Å². The van der Waals surface area contributed by atoms with Gasteiger partial charge in [0.25, 0.3) is 0 Å². The number of alkyl halides is 21. The van der Waals surface area contributed by atoms with Crippen molar-refractivity contribution in [3.8, 4) is 11.1 Å². The van der Waals surface area contributed by atoms with Crippen LogP contribution in [0.15, 0.2) is 133 Å². The largest absolute Gasteiger partial charge is 0.416 e. The number of benzene rings is 8. The van der Waals surface area contributed by atoms with Gasteiger partial charge in [-0.2, -0.15) is 92.2 Å². The summed E-state index contributed by atoms with van der Waals surface area (Å²) in [5.41, 5.74) is -31.3. The zero-order chi connectivity index (χ0) is 65.6. The first-order valence-corrected chi connectivity index (χ1v) is 27.3. The van der Waals surface area contributed by atoms with E-state index in [1.54, 1.807) is 6.92 Å². The molecule has 1 unspecified atom stereocenters. The molecule has 472 valence electrons. The van der Waals surface area contributed by atoms with E-state index in [9.17, 15) is 10.2 Å². The van der Waals surface area contributed by atoms with Crippen LogP contribution in [-0.2, 0) is 72.9 Å². The van der Waals surface area contributed by atoms with E-state index < -0.39 is 162 Å². The summed E-state index contributed by atoms with van der Waals surface area (Å²) in [5.74, 6) is -0.175. The molecule has 0 aromatic heterocycles. The molecule has 10 rings (SSSR count). The van der Waals surface area contributed by atoms with Crippen molar-refractivity contribution in [3.05, 3.63) is 222 Å². The van der Waals surface area contributed by atoms with Gasteiger partial charge in [-0.25, -0.2) is 0 Å². The summed E-state index contributed by atoms with van der Waals surface area (Å²) in [6.07, 6.45) is -39.3. The van der Waals surface area contributed by atoms with Gasteiger partial charge >= 0.3 is 43.2 Å². The summed E-state index contributed by atoms with van der Waals surface area (Å²) in [4.78, 5) is 0. The van der Waals surface area contributed by atoms with E-state index in [4.69, 9.17) is 0 Å². The number of hydrogen-bond donors (Lipinski definition) is 2. The molecule has 89 heavy (non-hydrogen) atoms. The van der Waals surface area contributed by atoms with Gasteiger partial charge in [0.05, 0.1) is 52.0 Å². The number of rotatable bonds is 6. The van der Waals surface area contributed by atoms with Crippen molar-refractivity contribution in [1.82, 2.24) is 0 Å². The second-order valence-electron chi connectivity index (χ2n) is 24.1. The molecule has 24 heteroatoms. The Bertz CT molecular complexity index is 3560. The molecule has 8 aromatic carbocycles. The molecule has 1 saturated heterocycles. The van der Waals surface area contributed by atoms with Gasteiger partial charge in [-0.15, -0.1) is 0 Å². The molecule has 0 aliphatic carbocycles. The Labute approximate surface area is 493 Å². The Morgan fingerprint density at radius 2 is 0.573 bits per heavy atom.